The van der Waals surface area contributed by atoms with Crippen molar-refractivity contribution in [1.82, 2.24) is 4.90 Å². The number of benzene rings is 1. The SMILES string of the molecule is CC(C)c1ccc(OCC(O)CN2CCOCC2)cc1.[Cl-]. The van der Waals surface area contributed by atoms with E-state index in [0.717, 1.165) is 32.1 Å². The quantitative estimate of drug-likeness (QED) is 0.723. The van der Waals surface area contributed by atoms with Gasteiger partial charge in [-0.25, -0.2) is 0 Å². The van der Waals surface area contributed by atoms with Gasteiger partial charge in [-0.3, -0.25) is 4.90 Å². The van der Waals surface area contributed by atoms with Crippen LogP contribution in [0, 0.1) is 0 Å². The largest absolute Gasteiger partial charge is 1.00 e. The molecular weight excluding hydrogens is 290 g/mol. The molecule has 2 rings (SSSR count). The molecule has 1 aromatic rings. The van der Waals surface area contributed by atoms with E-state index in [4.69, 9.17) is 9.47 Å². The van der Waals surface area contributed by atoms with Crippen molar-refractivity contribution in [1.29, 1.82) is 0 Å². The zero-order valence-electron chi connectivity index (χ0n) is 12.8. The van der Waals surface area contributed by atoms with Crippen molar-refractivity contribution in [3.63, 3.8) is 0 Å². The lowest BCUT2D eigenvalue weighted by atomic mass is 10.0. The first kappa shape index (κ1) is 18.2. The number of halogens is 1. The Kier molecular flexibility index (Phi) is 8.04. The molecule has 1 aliphatic heterocycles. The molecule has 0 radical (unpaired) electrons. The molecule has 0 amide bonds. The van der Waals surface area contributed by atoms with Crippen LogP contribution in [-0.2, 0) is 4.74 Å². The average Bonchev–Trinajstić information content (AvgIpc) is 2.46. The van der Waals surface area contributed by atoms with Gasteiger partial charge >= 0.3 is 0 Å². The van der Waals surface area contributed by atoms with Crippen molar-refractivity contribution in [3.8, 4) is 5.75 Å². The van der Waals surface area contributed by atoms with Crippen molar-refractivity contribution < 1.29 is 27.0 Å². The summed E-state index contributed by atoms with van der Waals surface area (Å²) < 4.78 is 10.9. The fraction of sp³-hybridized carbons (Fsp3) is 0.625. The smallest absolute Gasteiger partial charge is 0.119 e. The Hall–Kier alpha value is -0.810. The second-order valence-electron chi connectivity index (χ2n) is 5.60. The summed E-state index contributed by atoms with van der Waals surface area (Å²) in [5.74, 6) is 1.34. The van der Waals surface area contributed by atoms with Gasteiger partial charge in [0.2, 0.25) is 0 Å². The van der Waals surface area contributed by atoms with Gasteiger partial charge in [-0.2, -0.15) is 0 Å². The van der Waals surface area contributed by atoms with Gasteiger partial charge in [-0.1, -0.05) is 26.0 Å². The number of morpholine rings is 1. The Morgan fingerprint density at radius 2 is 1.81 bits per heavy atom. The average molecular weight is 315 g/mol. The van der Waals surface area contributed by atoms with Gasteiger partial charge in [0, 0.05) is 19.6 Å². The minimum atomic E-state index is -0.460. The molecule has 1 aromatic carbocycles. The van der Waals surface area contributed by atoms with Crippen LogP contribution in [0.5, 0.6) is 5.75 Å². The molecule has 0 aliphatic carbocycles. The molecule has 1 N–H and O–H groups in total. The van der Waals surface area contributed by atoms with Gasteiger partial charge in [0.05, 0.1) is 13.2 Å². The second kappa shape index (κ2) is 9.26. The van der Waals surface area contributed by atoms with Gasteiger partial charge in [0.1, 0.15) is 18.5 Å². The Bertz CT molecular complexity index is 391. The van der Waals surface area contributed by atoms with E-state index < -0.39 is 6.10 Å². The number of nitrogens with zero attached hydrogens (tertiary/aromatic N) is 1. The Morgan fingerprint density at radius 3 is 2.38 bits per heavy atom. The van der Waals surface area contributed by atoms with Crippen molar-refractivity contribution >= 4 is 0 Å². The number of ether oxygens (including phenoxy) is 2. The molecule has 1 saturated heterocycles. The molecular formula is C16H25ClNO3-. The topological polar surface area (TPSA) is 41.9 Å². The highest BCUT2D eigenvalue weighted by Crippen LogP contribution is 2.18. The molecule has 1 atom stereocenters. The summed E-state index contributed by atoms with van der Waals surface area (Å²) >= 11 is 0. The molecule has 21 heavy (non-hydrogen) atoms. The molecule has 4 nitrogen and oxygen atoms in total. The monoisotopic (exact) mass is 314 g/mol. The van der Waals surface area contributed by atoms with E-state index in [9.17, 15) is 5.11 Å². The number of aliphatic hydroxyl groups is 1. The van der Waals surface area contributed by atoms with Crippen LogP contribution < -0.4 is 17.1 Å². The predicted molar refractivity (Wildman–Crippen MR) is 79.3 cm³/mol. The van der Waals surface area contributed by atoms with Gasteiger partial charge in [0.15, 0.2) is 0 Å². The normalized spacial score (nSPS) is 17.3. The van der Waals surface area contributed by atoms with Crippen LogP contribution in [0.1, 0.15) is 25.3 Å². The number of hydrogen-bond donors (Lipinski definition) is 1. The van der Waals surface area contributed by atoms with Gasteiger partial charge < -0.3 is 27.0 Å². The second-order valence-corrected chi connectivity index (χ2v) is 5.60. The summed E-state index contributed by atoms with van der Waals surface area (Å²) in [4.78, 5) is 2.21. The van der Waals surface area contributed by atoms with E-state index in [1.165, 1.54) is 5.56 Å². The molecule has 1 unspecified atom stereocenters. The van der Waals surface area contributed by atoms with Crippen molar-refractivity contribution in [2.24, 2.45) is 0 Å². The Balaban J connectivity index is 0.00000220. The van der Waals surface area contributed by atoms with Crippen LogP contribution in [0.2, 0.25) is 0 Å². The number of rotatable bonds is 6. The van der Waals surface area contributed by atoms with Crippen molar-refractivity contribution in [2.75, 3.05) is 39.5 Å². The zero-order valence-corrected chi connectivity index (χ0v) is 13.6. The van der Waals surface area contributed by atoms with E-state index in [2.05, 4.69) is 30.9 Å². The van der Waals surface area contributed by atoms with Crippen molar-refractivity contribution in [2.45, 2.75) is 25.9 Å². The third-order valence-corrected chi connectivity index (χ3v) is 3.56. The molecule has 0 spiro atoms. The Morgan fingerprint density at radius 1 is 1.19 bits per heavy atom. The molecule has 0 bridgehead atoms. The zero-order chi connectivity index (χ0) is 14.4. The van der Waals surface area contributed by atoms with Crippen LogP contribution in [0.25, 0.3) is 0 Å². The van der Waals surface area contributed by atoms with E-state index in [1.54, 1.807) is 0 Å². The highest BCUT2D eigenvalue weighted by molar-refractivity contribution is 5.28. The molecule has 1 heterocycles. The van der Waals surface area contributed by atoms with Gasteiger partial charge in [-0.05, 0) is 23.6 Å². The standard InChI is InChI=1S/C16H25NO3.ClH/c1-13(2)14-3-5-16(6-4-14)20-12-15(18)11-17-7-9-19-10-8-17;/h3-6,13,15,18H,7-12H2,1-2H3;1H/p-1. The van der Waals surface area contributed by atoms with Crippen LogP contribution >= 0.6 is 0 Å². The molecule has 5 heteroatoms. The van der Waals surface area contributed by atoms with Crippen LogP contribution in [0.15, 0.2) is 24.3 Å². The predicted octanol–water partition coefficient (Wildman–Crippen LogP) is -1.11. The summed E-state index contributed by atoms with van der Waals surface area (Å²) in [7, 11) is 0. The maximum Gasteiger partial charge on any atom is 0.119 e. The molecule has 0 aromatic heterocycles. The summed E-state index contributed by atoms with van der Waals surface area (Å²) in [5, 5.41) is 10.00. The first-order valence-electron chi connectivity index (χ1n) is 7.36. The van der Waals surface area contributed by atoms with Gasteiger partial charge in [-0.15, -0.1) is 0 Å². The third-order valence-electron chi connectivity index (χ3n) is 3.56. The highest BCUT2D eigenvalue weighted by Gasteiger charge is 2.15. The maximum atomic E-state index is 10.00. The number of hydrogen-bond acceptors (Lipinski definition) is 4. The summed E-state index contributed by atoms with van der Waals surface area (Å²) in [5.41, 5.74) is 1.30. The number of aliphatic hydroxyl groups excluding tert-OH is 1. The minimum absolute atomic E-state index is 0. The fourth-order valence-electron chi connectivity index (χ4n) is 2.28. The van der Waals surface area contributed by atoms with Crippen molar-refractivity contribution in [3.05, 3.63) is 29.8 Å². The van der Waals surface area contributed by atoms with E-state index in [1.807, 2.05) is 12.1 Å². The van der Waals surface area contributed by atoms with E-state index in [-0.39, 0.29) is 12.4 Å². The lowest BCUT2D eigenvalue weighted by molar-refractivity contribution is -0.0000337. The first-order chi connectivity index (χ1) is 9.65. The number of β-amino-alcohol motifs (C(OH)–C–C–N with tert-alkyl or cyclic N) is 1. The van der Waals surface area contributed by atoms with E-state index in [0.29, 0.717) is 19.1 Å². The van der Waals surface area contributed by atoms with Crippen LogP contribution in [-0.4, -0.2) is 55.6 Å². The molecule has 120 valence electrons. The van der Waals surface area contributed by atoms with Crippen LogP contribution in [0.3, 0.4) is 0 Å². The Labute approximate surface area is 133 Å². The molecule has 1 aliphatic rings. The van der Waals surface area contributed by atoms with Gasteiger partial charge in [0.25, 0.3) is 0 Å². The minimum Gasteiger partial charge on any atom is -1.00 e. The molecule has 0 saturated carbocycles. The summed E-state index contributed by atoms with van der Waals surface area (Å²) in [6.45, 7) is 8.60. The lowest BCUT2D eigenvalue weighted by Crippen LogP contribution is -3.00. The third kappa shape index (κ3) is 6.22. The highest BCUT2D eigenvalue weighted by atomic mass is 35.5. The molecule has 1 fully saturated rings. The van der Waals surface area contributed by atoms with Crippen LogP contribution in [0.4, 0.5) is 0 Å². The van der Waals surface area contributed by atoms with E-state index >= 15 is 0 Å². The summed E-state index contributed by atoms with van der Waals surface area (Å²) in [6, 6.07) is 8.09. The fourth-order valence-corrected chi connectivity index (χ4v) is 2.28. The summed E-state index contributed by atoms with van der Waals surface area (Å²) in [6.07, 6.45) is -0.460. The first-order valence-corrected chi connectivity index (χ1v) is 7.36. The lowest BCUT2D eigenvalue weighted by Gasteiger charge is -2.28. The maximum absolute atomic E-state index is 10.00.